The molecule has 0 saturated carbocycles. The number of benzene rings is 1. The Balaban J connectivity index is 2.77. The molecule has 18 heavy (non-hydrogen) atoms. The number of anilines is 2. The number of hydrogen-bond acceptors (Lipinski definition) is 4. The fourth-order valence-corrected chi connectivity index (χ4v) is 1.46. The van der Waals surface area contributed by atoms with Crippen molar-refractivity contribution in [1.29, 1.82) is 0 Å². The van der Waals surface area contributed by atoms with Crippen LogP contribution < -0.4 is 11.1 Å². The quantitative estimate of drug-likeness (QED) is 0.497. The lowest BCUT2D eigenvalue weighted by Gasteiger charge is -2.18. The largest absolute Gasteiger partial charge is 0.397 e. The van der Waals surface area contributed by atoms with E-state index in [0.717, 1.165) is 6.07 Å². The molecule has 0 aromatic heterocycles. The lowest BCUT2D eigenvalue weighted by atomic mass is 10.2. The summed E-state index contributed by atoms with van der Waals surface area (Å²) in [7, 11) is 0. The van der Waals surface area contributed by atoms with E-state index in [1.165, 1.54) is 19.1 Å². The number of non-ortho nitro benzene ring substituents is 1. The molecule has 0 amide bonds. The van der Waals surface area contributed by atoms with Crippen LogP contribution in [0.2, 0.25) is 0 Å². The number of hydrogen-bond donors (Lipinski definition) is 2. The van der Waals surface area contributed by atoms with Crippen molar-refractivity contribution in [2.24, 2.45) is 0 Å². The van der Waals surface area contributed by atoms with Gasteiger partial charge in [-0.3, -0.25) is 10.1 Å². The van der Waals surface area contributed by atoms with Crippen LogP contribution in [0.25, 0.3) is 0 Å². The van der Waals surface area contributed by atoms with E-state index in [-0.39, 0.29) is 17.1 Å². The highest BCUT2D eigenvalue weighted by molar-refractivity contribution is 5.69. The standard InChI is InChI=1S/C10H12F3N3O2/c1-6(5-10(11,12)13)15-9-3-2-7(16(17)18)4-8(9)14/h2-4,6,15H,5,14H2,1H3. The summed E-state index contributed by atoms with van der Waals surface area (Å²) in [4.78, 5) is 9.83. The van der Waals surface area contributed by atoms with Crippen molar-refractivity contribution in [2.45, 2.75) is 25.6 Å². The molecule has 0 heterocycles. The van der Waals surface area contributed by atoms with Gasteiger partial charge in [-0.15, -0.1) is 0 Å². The van der Waals surface area contributed by atoms with Crippen LogP contribution in [0.4, 0.5) is 30.2 Å². The van der Waals surface area contributed by atoms with E-state index in [2.05, 4.69) is 5.32 Å². The number of nitro benzene ring substituents is 1. The first-order valence-corrected chi connectivity index (χ1v) is 5.06. The van der Waals surface area contributed by atoms with Gasteiger partial charge in [0, 0.05) is 18.2 Å². The molecule has 5 nitrogen and oxygen atoms in total. The maximum atomic E-state index is 12.1. The Hall–Kier alpha value is -1.99. The fourth-order valence-electron chi connectivity index (χ4n) is 1.46. The van der Waals surface area contributed by atoms with Crippen molar-refractivity contribution < 1.29 is 18.1 Å². The molecule has 0 spiro atoms. The lowest BCUT2D eigenvalue weighted by molar-refractivity contribution is -0.384. The predicted octanol–water partition coefficient (Wildman–Crippen LogP) is 2.93. The number of halogens is 3. The van der Waals surface area contributed by atoms with E-state index in [9.17, 15) is 23.3 Å². The SMILES string of the molecule is CC(CC(F)(F)F)Nc1ccc([N+](=O)[O-])cc1N. The van der Waals surface area contributed by atoms with E-state index in [4.69, 9.17) is 5.73 Å². The van der Waals surface area contributed by atoms with E-state index in [0.29, 0.717) is 0 Å². The van der Waals surface area contributed by atoms with Gasteiger partial charge in [0.15, 0.2) is 0 Å². The summed E-state index contributed by atoms with van der Waals surface area (Å²) in [6, 6.07) is 2.70. The van der Waals surface area contributed by atoms with E-state index in [1.54, 1.807) is 0 Å². The van der Waals surface area contributed by atoms with Crippen LogP contribution in [-0.4, -0.2) is 17.1 Å². The molecule has 100 valence electrons. The average Bonchev–Trinajstić information content (AvgIpc) is 2.17. The number of nitro groups is 1. The molecule has 0 saturated heterocycles. The zero-order valence-corrected chi connectivity index (χ0v) is 9.49. The van der Waals surface area contributed by atoms with Gasteiger partial charge in [-0.25, -0.2) is 0 Å². The minimum atomic E-state index is -4.28. The van der Waals surface area contributed by atoms with E-state index < -0.39 is 23.6 Å². The summed E-state index contributed by atoms with van der Waals surface area (Å²) in [5.74, 6) is 0. The molecule has 0 aliphatic heterocycles. The minimum absolute atomic E-state index is 0.0400. The Bertz CT molecular complexity index is 448. The molecule has 0 aliphatic rings. The van der Waals surface area contributed by atoms with Crippen molar-refractivity contribution in [3.63, 3.8) is 0 Å². The number of nitrogens with zero attached hydrogens (tertiary/aromatic N) is 1. The third kappa shape index (κ3) is 4.11. The van der Waals surface area contributed by atoms with Crippen molar-refractivity contribution in [3.8, 4) is 0 Å². The Morgan fingerprint density at radius 2 is 2.11 bits per heavy atom. The Kier molecular flexibility index (Phi) is 4.00. The highest BCUT2D eigenvalue weighted by Gasteiger charge is 2.30. The first-order chi connectivity index (χ1) is 8.19. The summed E-state index contributed by atoms with van der Waals surface area (Å²) in [6.45, 7) is 1.36. The van der Waals surface area contributed by atoms with Crippen LogP contribution in [0.15, 0.2) is 18.2 Å². The van der Waals surface area contributed by atoms with Crippen molar-refractivity contribution >= 4 is 17.1 Å². The first-order valence-electron chi connectivity index (χ1n) is 5.06. The maximum absolute atomic E-state index is 12.1. The Labute approximate surface area is 101 Å². The highest BCUT2D eigenvalue weighted by atomic mass is 19.4. The first kappa shape index (κ1) is 14.1. The summed E-state index contributed by atoms with van der Waals surface area (Å²) in [5, 5.41) is 13.0. The summed E-state index contributed by atoms with van der Waals surface area (Å²) in [6.07, 6.45) is -5.29. The van der Waals surface area contributed by atoms with Crippen LogP contribution >= 0.6 is 0 Å². The highest BCUT2D eigenvalue weighted by Crippen LogP contribution is 2.27. The van der Waals surface area contributed by atoms with Crippen molar-refractivity contribution in [1.82, 2.24) is 0 Å². The molecule has 8 heteroatoms. The molecule has 1 rings (SSSR count). The van der Waals surface area contributed by atoms with Gasteiger partial charge in [0.25, 0.3) is 5.69 Å². The molecular formula is C10H12F3N3O2. The van der Waals surface area contributed by atoms with Crippen molar-refractivity contribution in [3.05, 3.63) is 28.3 Å². The van der Waals surface area contributed by atoms with Gasteiger partial charge >= 0.3 is 6.18 Å². The number of nitrogen functional groups attached to an aromatic ring is 1. The van der Waals surface area contributed by atoms with Gasteiger partial charge < -0.3 is 11.1 Å². The third-order valence-electron chi connectivity index (χ3n) is 2.19. The molecule has 0 bridgehead atoms. The zero-order chi connectivity index (χ0) is 13.9. The molecule has 1 aromatic carbocycles. The lowest BCUT2D eigenvalue weighted by Crippen LogP contribution is -2.24. The predicted molar refractivity (Wildman–Crippen MR) is 61.3 cm³/mol. The fraction of sp³-hybridized carbons (Fsp3) is 0.400. The molecule has 0 aliphatic carbocycles. The Morgan fingerprint density at radius 1 is 1.50 bits per heavy atom. The molecule has 1 atom stereocenters. The van der Waals surface area contributed by atoms with Gasteiger partial charge in [-0.2, -0.15) is 13.2 Å². The molecule has 3 N–H and O–H groups in total. The van der Waals surface area contributed by atoms with Crippen LogP contribution in [0.1, 0.15) is 13.3 Å². The second-order valence-electron chi connectivity index (χ2n) is 3.89. The minimum Gasteiger partial charge on any atom is -0.397 e. The smallest absolute Gasteiger partial charge is 0.391 e. The average molecular weight is 263 g/mol. The summed E-state index contributed by atoms with van der Waals surface area (Å²) < 4.78 is 36.4. The van der Waals surface area contributed by atoms with Gasteiger partial charge in [-0.1, -0.05) is 0 Å². The Morgan fingerprint density at radius 3 is 2.56 bits per heavy atom. The van der Waals surface area contributed by atoms with E-state index in [1.807, 2.05) is 0 Å². The van der Waals surface area contributed by atoms with Crippen LogP contribution in [0.3, 0.4) is 0 Å². The molecule has 1 aromatic rings. The topological polar surface area (TPSA) is 81.2 Å². The summed E-state index contributed by atoms with van der Waals surface area (Å²) in [5.41, 5.74) is 5.60. The third-order valence-corrected chi connectivity index (χ3v) is 2.19. The second kappa shape index (κ2) is 5.11. The molecular weight excluding hydrogens is 251 g/mol. The number of alkyl halides is 3. The van der Waals surface area contributed by atoms with Gasteiger partial charge in [-0.05, 0) is 13.0 Å². The maximum Gasteiger partial charge on any atom is 0.391 e. The van der Waals surface area contributed by atoms with Gasteiger partial charge in [0.2, 0.25) is 0 Å². The van der Waals surface area contributed by atoms with Gasteiger partial charge in [0.05, 0.1) is 22.7 Å². The second-order valence-corrected chi connectivity index (χ2v) is 3.89. The molecule has 0 radical (unpaired) electrons. The van der Waals surface area contributed by atoms with Crippen LogP contribution in [0, 0.1) is 10.1 Å². The number of nitrogens with two attached hydrogens (primary N) is 1. The van der Waals surface area contributed by atoms with Crippen LogP contribution in [-0.2, 0) is 0 Å². The van der Waals surface area contributed by atoms with Crippen molar-refractivity contribution in [2.75, 3.05) is 11.1 Å². The number of rotatable bonds is 4. The molecule has 1 unspecified atom stereocenters. The molecule has 0 fully saturated rings. The zero-order valence-electron chi connectivity index (χ0n) is 9.49. The summed E-state index contributed by atoms with van der Waals surface area (Å²) >= 11 is 0. The normalized spacial score (nSPS) is 13.1. The number of nitrogens with one attached hydrogen (secondary N) is 1. The monoisotopic (exact) mass is 263 g/mol. The van der Waals surface area contributed by atoms with Crippen LogP contribution in [0.5, 0.6) is 0 Å². The van der Waals surface area contributed by atoms with E-state index >= 15 is 0 Å². The van der Waals surface area contributed by atoms with Gasteiger partial charge in [0.1, 0.15) is 0 Å².